The first kappa shape index (κ1) is 28.1. The fraction of sp³-hybridized carbons (Fsp3) is 0.750. The number of alkyl halides is 14. The Morgan fingerprint density at radius 3 is 1.37 bits per heavy atom. The zero-order chi connectivity index (χ0) is 24.4. The van der Waals surface area contributed by atoms with Crippen LogP contribution in [0.25, 0.3) is 0 Å². The van der Waals surface area contributed by atoms with Crippen LogP contribution in [-0.4, -0.2) is 61.7 Å². The Morgan fingerprint density at radius 2 is 1.07 bits per heavy atom. The summed E-state index contributed by atoms with van der Waals surface area (Å²) >= 11 is 0. The van der Waals surface area contributed by atoms with Gasteiger partial charge in [0.25, 0.3) is 0 Å². The predicted octanol–water partition coefficient (Wildman–Crippen LogP) is 4.70. The van der Waals surface area contributed by atoms with Crippen molar-refractivity contribution in [1.29, 1.82) is 0 Å². The molecule has 0 aliphatic carbocycles. The molecule has 1 unspecified atom stereocenters. The third kappa shape index (κ3) is 6.08. The maximum Gasteiger partial charge on any atom is 0.458 e. The summed E-state index contributed by atoms with van der Waals surface area (Å²) < 4.78 is 185. The van der Waals surface area contributed by atoms with Gasteiger partial charge in [-0.25, -0.2) is 4.79 Å². The number of esters is 1. The molecule has 0 aromatic carbocycles. The van der Waals surface area contributed by atoms with Crippen molar-refractivity contribution < 1.29 is 80.5 Å². The highest BCUT2D eigenvalue weighted by Crippen LogP contribution is 2.49. The smallest absolute Gasteiger partial charge is 0.458 e. The van der Waals surface area contributed by atoms with Gasteiger partial charge in [0.15, 0.2) is 0 Å². The molecule has 0 saturated heterocycles. The normalized spacial score (nSPS) is 15.7. The van der Waals surface area contributed by atoms with Crippen LogP contribution in [0.4, 0.5) is 61.5 Å². The van der Waals surface area contributed by atoms with E-state index in [4.69, 9.17) is 0 Å². The van der Waals surface area contributed by atoms with Gasteiger partial charge in [-0.3, -0.25) is 0 Å². The summed E-state index contributed by atoms with van der Waals surface area (Å²) in [7, 11) is 0. The van der Waals surface area contributed by atoms with Crippen molar-refractivity contribution in [2.45, 2.75) is 42.5 Å². The van der Waals surface area contributed by atoms with E-state index >= 15 is 0 Å². The molecule has 0 spiro atoms. The molecule has 0 bridgehead atoms. The van der Waals surface area contributed by atoms with Gasteiger partial charge in [0, 0.05) is 6.08 Å². The highest BCUT2D eigenvalue weighted by atomic mass is 19.4. The van der Waals surface area contributed by atoms with E-state index in [0.29, 0.717) is 0 Å². The Hall–Kier alpha value is -1.85. The molecule has 0 aromatic rings. The van der Waals surface area contributed by atoms with Crippen LogP contribution in [-0.2, 0) is 19.0 Å². The molecule has 0 saturated carbocycles. The Morgan fingerprint density at radius 1 is 0.700 bits per heavy atom. The molecule has 4 nitrogen and oxygen atoms in total. The zero-order valence-corrected chi connectivity index (χ0v) is 13.7. The number of ether oxygens (including phenoxy) is 3. The van der Waals surface area contributed by atoms with E-state index in [0.717, 1.165) is 0 Å². The monoisotopic (exact) mass is 482 g/mol. The zero-order valence-electron chi connectivity index (χ0n) is 13.7. The van der Waals surface area contributed by atoms with Gasteiger partial charge in [-0.2, -0.15) is 61.5 Å². The van der Waals surface area contributed by atoms with E-state index < -0.39 is 61.7 Å². The van der Waals surface area contributed by atoms with Gasteiger partial charge in [-0.05, 0) is 0 Å². The van der Waals surface area contributed by atoms with Crippen LogP contribution >= 0.6 is 0 Å². The summed E-state index contributed by atoms with van der Waals surface area (Å²) in [5, 5.41) is 0. The number of hydrogen-bond acceptors (Lipinski definition) is 4. The number of halogens is 14. The van der Waals surface area contributed by atoms with Crippen molar-refractivity contribution in [3.63, 3.8) is 0 Å². The summed E-state index contributed by atoms with van der Waals surface area (Å²) in [5.41, 5.74) is 0. The van der Waals surface area contributed by atoms with E-state index in [9.17, 15) is 66.3 Å². The van der Waals surface area contributed by atoms with Crippen molar-refractivity contribution in [3.05, 3.63) is 12.7 Å². The van der Waals surface area contributed by atoms with Crippen LogP contribution in [0.3, 0.4) is 0 Å². The fourth-order valence-electron chi connectivity index (χ4n) is 1.41. The molecule has 0 fully saturated rings. The Bertz CT molecular complexity index is 574. The van der Waals surface area contributed by atoms with E-state index in [2.05, 4.69) is 20.8 Å². The molecule has 0 heterocycles. The highest BCUT2D eigenvalue weighted by molar-refractivity contribution is 5.81. The van der Waals surface area contributed by atoms with Gasteiger partial charge < -0.3 is 14.2 Å². The van der Waals surface area contributed by atoms with Gasteiger partial charge in [0.05, 0.1) is 6.61 Å². The van der Waals surface area contributed by atoms with Crippen molar-refractivity contribution in [3.8, 4) is 0 Å². The third-order valence-electron chi connectivity index (χ3n) is 2.83. The van der Waals surface area contributed by atoms with Gasteiger partial charge in [0.1, 0.15) is 12.7 Å². The lowest BCUT2D eigenvalue weighted by Gasteiger charge is -2.34. The summed E-state index contributed by atoms with van der Waals surface area (Å²) in [6.45, 7) is -2.04. The lowest BCUT2D eigenvalue weighted by molar-refractivity contribution is -0.454. The highest BCUT2D eigenvalue weighted by Gasteiger charge is 2.76. The lowest BCUT2D eigenvalue weighted by atomic mass is 10.2. The first-order chi connectivity index (χ1) is 13.0. The van der Waals surface area contributed by atoms with E-state index in [-0.39, 0.29) is 6.08 Å². The van der Waals surface area contributed by atoms with Gasteiger partial charge in [0.2, 0.25) is 0 Å². The number of carbonyl (C=O) groups is 1. The van der Waals surface area contributed by atoms with Gasteiger partial charge in [-0.15, -0.1) is 0 Å². The Labute approximate surface area is 156 Å². The Kier molecular flexibility index (Phi) is 8.18. The van der Waals surface area contributed by atoms with Crippen LogP contribution in [0.2, 0.25) is 0 Å². The first-order valence-corrected chi connectivity index (χ1v) is 6.79. The van der Waals surface area contributed by atoms with E-state index in [1.165, 1.54) is 0 Å². The predicted molar refractivity (Wildman–Crippen MR) is 63.9 cm³/mol. The third-order valence-corrected chi connectivity index (χ3v) is 2.83. The minimum absolute atomic E-state index is 0.207. The quantitative estimate of drug-likeness (QED) is 0.286. The van der Waals surface area contributed by atoms with Crippen LogP contribution in [0.1, 0.15) is 0 Å². The molecule has 0 amide bonds. The summed E-state index contributed by atoms with van der Waals surface area (Å²) in [4.78, 5) is 10.8. The second kappa shape index (κ2) is 8.72. The minimum Gasteiger partial charge on any atom is -0.460 e. The summed E-state index contributed by atoms with van der Waals surface area (Å²) in [5.74, 6) is -14.9. The molecular formula is C12H8F14O4. The van der Waals surface area contributed by atoms with Crippen LogP contribution in [0, 0.1) is 0 Å². The lowest BCUT2D eigenvalue weighted by Crippen LogP contribution is -2.59. The molecule has 0 aromatic heterocycles. The van der Waals surface area contributed by atoms with Crippen molar-refractivity contribution in [1.82, 2.24) is 0 Å². The van der Waals surface area contributed by atoms with Gasteiger partial charge >= 0.3 is 42.4 Å². The number of rotatable bonds is 8. The second-order valence-electron chi connectivity index (χ2n) is 5.07. The van der Waals surface area contributed by atoms with E-state index in [1.807, 2.05) is 0 Å². The maximum absolute atomic E-state index is 13.5. The van der Waals surface area contributed by atoms with Crippen molar-refractivity contribution in [2.75, 3.05) is 13.2 Å². The standard InChI is InChI=1S/C12H8F14O4/c1-2-6(27)28-3-5(30-8(14,11(21,22)23)12(24,25)26)4-29-7(13,9(15,16)17)10(18,19)20/h2,5H,1,3-4H2. The minimum atomic E-state index is -6.97. The molecule has 0 rings (SSSR count). The molecule has 0 aliphatic heterocycles. The molecular weight excluding hydrogens is 474 g/mol. The van der Waals surface area contributed by atoms with Crippen LogP contribution in [0.15, 0.2) is 12.7 Å². The number of carbonyl (C=O) groups excluding carboxylic acids is 1. The fourth-order valence-corrected chi connectivity index (χ4v) is 1.41. The Balaban J connectivity index is 5.96. The molecule has 1 atom stereocenters. The van der Waals surface area contributed by atoms with E-state index in [1.54, 1.807) is 0 Å². The second-order valence-corrected chi connectivity index (χ2v) is 5.07. The molecule has 0 aliphatic rings. The SMILES string of the molecule is C=CC(=O)OCC(COC(F)(C(F)(F)F)C(F)(F)F)OC(F)(C(F)(F)F)C(F)(F)F. The number of hydrogen-bond donors (Lipinski definition) is 0. The largest absolute Gasteiger partial charge is 0.460 e. The van der Waals surface area contributed by atoms with Crippen LogP contribution < -0.4 is 0 Å². The molecule has 178 valence electrons. The first-order valence-electron chi connectivity index (χ1n) is 6.79. The van der Waals surface area contributed by atoms with Crippen molar-refractivity contribution in [2.24, 2.45) is 0 Å². The average Bonchev–Trinajstić information content (AvgIpc) is 2.52. The summed E-state index contributed by atoms with van der Waals surface area (Å²) in [6.07, 6.45) is -31.0. The van der Waals surface area contributed by atoms with Gasteiger partial charge in [-0.1, -0.05) is 6.58 Å². The molecule has 0 radical (unpaired) electrons. The average molecular weight is 482 g/mol. The van der Waals surface area contributed by atoms with Crippen LogP contribution in [0.5, 0.6) is 0 Å². The topological polar surface area (TPSA) is 44.8 Å². The maximum atomic E-state index is 13.5. The molecule has 30 heavy (non-hydrogen) atoms. The molecule has 18 heteroatoms. The van der Waals surface area contributed by atoms with Crippen molar-refractivity contribution >= 4 is 5.97 Å². The summed E-state index contributed by atoms with van der Waals surface area (Å²) in [6, 6.07) is 0. The molecule has 0 N–H and O–H groups in total.